The second kappa shape index (κ2) is 8.88. The minimum atomic E-state index is -1.09. The van der Waals surface area contributed by atoms with E-state index in [0.717, 1.165) is 22.7 Å². The van der Waals surface area contributed by atoms with E-state index in [2.05, 4.69) is 31.3 Å². The molecule has 0 radical (unpaired) electrons. The van der Waals surface area contributed by atoms with Crippen molar-refractivity contribution in [1.29, 1.82) is 0 Å². The molecule has 32 heavy (non-hydrogen) atoms. The first-order valence-corrected chi connectivity index (χ1v) is 10.0. The summed E-state index contributed by atoms with van der Waals surface area (Å²) in [6.45, 7) is 8.67. The first kappa shape index (κ1) is 23.1. The van der Waals surface area contributed by atoms with Crippen LogP contribution in [0, 0.1) is 27.7 Å². The molecule has 0 unspecified atom stereocenters. The predicted molar refractivity (Wildman–Crippen MR) is 128 cm³/mol. The van der Waals surface area contributed by atoms with Crippen LogP contribution < -0.4 is 10.9 Å². The van der Waals surface area contributed by atoms with Gasteiger partial charge < -0.3 is 14.8 Å². The Morgan fingerprint density at radius 3 is 2.41 bits per heavy atom. The highest BCUT2D eigenvalue weighted by atomic mass is 35.5. The Hall–Kier alpha value is -3.58. The highest BCUT2D eigenvalue weighted by Gasteiger charge is 2.14. The SMILES string of the molecule is Cc1cccc(C)c1CNc1cc(-n2cc(C(=O)O)ccc2=O)cn2c(C)c(C)nc12.Cl. The zero-order valence-electron chi connectivity index (χ0n) is 18.3. The van der Waals surface area contributed by atoms with Gasteiger partial charge in [0.15, 0.2) is 5.65 Å². The van der Waals surface area contributed by atoms with E-state index in [4.69, 9.17) is 4.98 Å². The molecule has 0 amide bonds. The number of aryl methyl sites for hydroxylation is 4. The van der Waals surface area contributed by atoms with Crippen LogP contribution in [0.25, 0.3) is 11.3 Å². The Kier molecular flexibility index (Phi) is 6.41. The molecule has 0 saturated carbocycles. The third-order valence-corrected chi connectivity index (χ3v) is 5.72. The monoisotopic (exact) mass is 452 g/mol. The molecule has 7 nitrogen and oxygen atoms in total. The molecule has 0 aliphatic rings. The lowest BCUT2D eigenvalue weighted by Crippen LogP contribution is -2.19. The molecule has 4 aromatic rings. The van der Waals surface area contributed by atoms with E-state index in [9.17, 15) is 14.7 Å². The largest absolute Gasteiger partial charge is 0.478 e. The molecule has 3 aromatic heterocycles. The number of aromatic carboxylic acids is 1. The topological polar surface area (TPSA) is 88.6 Å². The number of nitrogens with zero attached hydrogens (tertiary/aromatic N) is 3. The molecule has 1 aromatic carbocycles. The van der Waals surface area contributed by atoms with Crippen LogP contribution in [0.1, 0.15) is 38.4 Å². The summed E-state index contributed by atoms with van der Waals surface area (Å²) in [4.78, 5) is 28.6. The lowest BCUT2D eigenvalue weighted by Gasteiger charge is -2.15. The van der Waals surface area contributed by atoms with E-state index in [-0.39, 0.29) is 23.5 Å². The molecular weight excluding hydrogens is 428 g/mol. The van der Waals surface area contributed by atoms with Crippen LogP contribution in [-0.2, 0) is 6.54 Å². The number of carbonyl (C=O) groups is 1. The van der Waals surface area contributed by atoms with Gasteiger partial charge in [-0.05, 0) is 56.5 Å². The molecular formula is C24H25ClN4O3. The van der Waals surface area contributed by atoms with Crippen LogP contribution in [0.15, 0.2) is 53.6 Å². The van der Waals surface area contributed by atoms with E-state index in [1.807, 2.05) is 36.6 Å². The summed E-state index contributed by atoms with van der Waals surface area (Å²) >= 11 is 0. The molecule has 3 heterocycles. The van der Waals surface area contributed by atoms with Gasteiger partial charge in [-0.15, -0.1) is 12.4 Å². The first-order chi connectivity index (χ1) is 14.8. The second-order valence-electron chi connectivity index (χ2n) is 7.74. The van der Waals surface area contributed by atoms with E-state index in [0.29, 0.717) is 12.2 Å². The molecule has 8 heteroatoms. The van der Waals surface area contributed by atoms with E-state index < -0.39 is 5.97 Å². The third-order valence-electron chi connectivity index (χ3n) is 5.72. The van der Waals surface area contributed by atoms with E-state index in [1.54, 1.807) is 0 Å². The van der Waals surface area contributed by atoms with Gasteiger partial charge in [-0.3, -0.25) is 9.36 Å². The quantitative estimate of drug-likeness (QED) is 0.467. The fourth-order valence-corrected chi connectivity index (χ4v) is 3.75. The van der Waals surface area contributed by atoms with Crippen molar-refractivity contribution in [2.45, 2.75) is 34.2 Å². The highest BCUT2D eigenvalue weighted by molar-refractivity contribution is 5.87. The smallest absolute Gasteiger partial charge is 0.337 e. The summed E-state index contributed by atoms with van der Waals surface area (Å²) in [6.07, 6.45) is 3.15. The minimum Gasteiger partial charge on any atom is -0.478 e. The van der Waals surface area contributed by atoms with Crippen molar-refractivity contribution in [1.82, 2.24) is 14.0 Å². The van der Waals surface area contributed by atoms with Gasteiger partial charge in [0.2, 0.25) is 0 Å². The molecule has 0 aliphatic carbocycles. The lowest BCUT2D eigenvalue weighted by molar-refractivity contribution is 0.0696. The zero-order valence-corrected chi connectivity index (χ0v) is 19.2. The number of pyridine rings is 2. The van der Waals surface area contributed by atoms with Crippen LogP contribution in [0.2, 0.25) is 0 Å². The molecule has 0 bridgehead atoms. The van der Waals surface area contributed by atoms with Crippen molar-refractivity contribution >= 4 is 29.7 Å². The maximum absolute atomic E-state index is 12.5. The summed E-state index contributed by atoms with van der Waals surface area (Å²) in [5.74, 6) is -1.09. The molecule has 0 aliphatic heterocycles. The number of imidazole rings is 1. The second-order valence-corrected chi connectivity index (χ2v) is 7.74. The first-order valence-electron chi connectivity index (χ1n) is 10.0. The molecule has 0 saturated heterocycles. The number of fused-ring (bicyclic) bond motifs is 1. The third kappa shape index (κ3) is 4.11. The number of anilines is 1. The number of hydrogen-bond acceptors (Lipinski definition) is 4. The number of halogens is 1. The number of nitrogens with one attached hydrogen (secondary N) is 1. The van der Waals surface area contributed by atoms with Crippen molar-refractivity contribution < 1.29 is 9.90 Å². The van der Waals surface area contributed by atoms with Gasteiger partial charge in [0.05, 0.1) is 22.6 Å². The summed E-state index contributed by atoms with van der Waals surface area (Å²) in [6, 6.07) is 10.6. The Morgan fingerprint density at radius 2 is 1.75 bits per heavy atom. The number of rotatable bonds is 5. The van der Waals surface area contributed by atoms with Gasteiger partial charge in [-0.25, -0.2) is 9.78 Å². The van der Waals surface area contributed by atoms with Crippen LogP contribution in [-0.4, -0.2) is 25.0 Å². The Morgan fingerprint density at radius 1 is 1.06 bits per heavy atom. The number of hydrogen-bond donors (Lipinski definition) is 2. The fraction of sp³-hybridized carbons (Fsp3) is 0.208. The van der Waals surface area contributed by atoms with Crippen molar-refractivity contribution in [3.8, 4) is 5.69 Å². The molecule has 0 fully saturated rings. The molecule has 4 rings (SSSR count). The van der Waals surface area contributed by atoms with Gasteiger partial charge in [0.1, 0.15) is 0 Å². The average molecular weight is 453 g/mol. The predicted octanol–water partition coefficient (Wildman–Crippen LogP) is 4.45. The van der Waals surface area contributed by atoms with Crippen LogP contribution >= 0.6 is 12.4 Å². The Bertz CT molecular complexity index is 1370. The molecule has 0 atom stereocenters. The fourth-order valence-electron chi connectivity index (χ4n) is 3.75. The normalized spacial score (nSPS) is 10.8. The van der Waals surface area contributed by atoms with Gasteiger partial charge in [0.25, 0.3) is 5.56 Å². The van der Waals surface area contributed by atoms with Gasteiger partial charge in [-0.2, -0.15) is 0 Å². The minimum absolute atomic E-state index is 0. The molecule has 0 spiro atoms. The van der Waals surface area contributed by atoms with Crippen molar-refractivity contribution in [3.05, 3.63) is 92.8 Å². The van der Waals surface area contributed by atoms with Crippen molar-refractivity contribution in [3.63, 3.8) is 0 Å². The summed E-state index contributed by atoms with van der Waals surface area (Å²) in [5, 5.41) is 12.8. The van der Waals surface area contributed by atoms with Gasteiger partial charge in [0, 0.05) is 30.7 Å². The van der Waals surface area contributed by atoms with Gasteiger partial charge >= 0.3 is 5.97 Å². The Labute approximate surface area is 191 Å². The maximum atomic E-state index is 12.5. The highest BCUT2D eigenvalue weighted by Crippen LogP contribution is 2.25. The standard InChI is InChI=1S/C24H24N4O3.ClH/c1-14-6-5-7-15(2)20(14)11-25-21-10-19(13-27-17(4)16(3)26-23(21)27)28-12-18(24(30)31)8-9-22(28)29;/h5-10,12-13,25H,11H2,1-4H3,(H,30,31);1H. The Balaban J connectivity index is 0.00000289. The van der Waals surface area contributed by atoms with Crippen LogP contribution in [0.5, 0.6) is 0 Å². The van der Waals surface area contributed by atoms with E-state index in [1.165, 1.54) is 39.6 Å². The summed E-state index contributed by atoms with van der Waals surface area (Å²) in [5.41, 5.74) is 7.26. The van der Waals surface area contributed by atoms with Gasteiger partial charge in [-0.1, -0.05) is 18.2 Å². The number of aromatic nitrogens is 3. The zero-order chi connectivity index (χ0) is 22.3. The van der Waals surface area contributed by atoms with Crippen LogP contribution in [0.4, 0.5) is 5.69 Å². The maximum Gasteiger partial charge on any atom is 0.337 e. The summed E-state index contributed by atoms with van der Waals surface area (Å²) in [7, 11) is 0. The lowest BCUT2D eigenvalue weighted by atomic mass is 10.0. The number of benzene rings is 1. The molecule has 2 N–H and O–H groups in total. The average Bonchev–Trinajstić information content (AvgIpc) is 3.02. The number of carboxylic acids is 1. The summed E-state index contributed by atoms with van der Waals surface area (Å²) < 4.78 is 3.28. The number of carboxylic acid groups (broad SMARTS) is 1. The van der Waals surface area contributed by atoms with Crippen molar-refractivity contribution in [2.75, 3.05) is 5.32 Å². The van der Waals surface area contributed by atoms with Crippen LogP contribution in [0.3, 0.4) is 0 Å². The van der Waals surface area contributed by atoms with E-state index >= 15 is 0 Å². The molecule has 166 valence electrons. The van der Waals surface area contributed by atoms with Crippen molar-refractivity contribution in [2.24, 2.45) is 0 Å².